The molecule has 0 aromatic heterocycles. The zero-order valence-electron chi connectivity index (χ0n) is 56.2. The summed E-state index contributed by atoms with van der Waals surface area (Å²) in [4.78, 5) is 96.0. The van der Waals surface area contributed by atoms with Gasteiger partial charge in [0.1, 0.15) is 54.7 Å². The van der Waals surface area contributed by atoms with Gasteiger partial charge in [0.05, 0.1) is 51.2 Å². The van der Waals surface area contributed by atoms with Gasteiger partial charge in [-0.25, -0.2) is 0 Å². The van der Waals surface area contributed by atoms with E-state index in [0.29, 0.717) is 43.6 Å². The third kappa shape index (κ3) is 23.9. The summed E-state index contributed by atoms with van der Waals surface area (Å²) in [5.41, 5.74) is 1.52. The summed E-state index contributed by atoms with van der Waals surface area (Å²) in [5, 5.41) is 34.1. The van der Waals surface area contributed by atoms with Crippen LogP contribution in [0.5, 0.6) is 11.5 Å². The molecule has 1 aliphatic carbocycles. The molecule has 4 unspecified atom stereocenters. The number of carbonyl (C=O) groups is 8. The van der Waals surface area contributed by atoms with Crippen molar-refractivity contribution in [1.82, 2.24) is 15.5 Å². The lowest BCUT2D eigenvalue weighted by Crippen LogP contribution is -2.62. The molecule has 1 saturated carbocycles. The van der Waals surface area contributed by atoms with Crippen LogP contribution < -0.4 is 20.1 Å². The van der Waals surface area contributed by atoms with Crippen LogP contribution in [0.1, 0.15) is 150 Å². The Labute approximate surface area is 551 Å². The number of aliphatic hydroxyl groups is 2. The molecule has 522 valence electrons. The number of carbonyl (C=O) groups excluding carboxylic acids is 7. The molecule has 3 aliphatic heterocycles. The molecule has 0 spiro atoms. The van der Waals surface area contributed by atoms with E-state index in [1.807, 2.05) is 78.9 Å². The van der Waals surface area contributed by atoms with Gasteiger partial charge in [-0.1, -0.05) is 81.8 Å². The number of unbranched alkanes of at least 4 members (excludes halogenated alkanes) is 2. The van der Waals surface area contributed by atoms with Gasteiger partial charge in [-0.2, -0.15) is 0 Å². The summed E-state index contributed by atoms with van der Waals surface area (Å²) in [5.74, 6) is -2.32. The number of amides is 3. The Morgan fingerprint density at radius 3 is 1.41 bits per heavy atom. The standard InChI is InChI=1S/C44H56N2O12.C18H29NO9.C7H14O/c1-28-41(45-29(2)47)43(58-39(27-55-30(3)48)42(28)57-31(4)49)54-23-11-10-14-40(51)46-25-36(50)24-35(46)26-56-44(32-12-8-7-9-13-32,33-15-19-37(52-5)20-16-33)34-17-21-38(53-6)22-18-34;1-10-16(19-11(2)20)18(25-8-6-5-7-15(23)24)28-14(9-26-12(3)21)17(10)27-13(4)22;1-2-6-3-4-7(8)5-6/h7-9,12-13,15-22,28,35-36,39,41-43,50H,10-11,14,23-27H2,1-6H3,(H,45,47);10,14,16-18H,5-9H2,1-4H3,(H,19,20)(H,23,24);6-8H,2-5H2,1H3/t28-,35+,36-,39?,41?,42-,43-;10-,14?,16?,17-,18-;6-,7-/m110/s1. The molecule has 4 fully saturated rings. The number of hydrogen-bond acceptors (Lipinski definition) is 21. The quantitative estimate of drug-likeness (QED) is 0.0209. The van der Waals surface area contributed by atoms with E-state index in [9.17, 15) is 43.5 Å². The Bertz CT molecular complexity index is 2810. The van der Waals surface area contributed by atoms with Gasteiger partial charge in [0.2, 0.25) is 17.7 Å². The molecule has 0 radical (unpaired) electrons. The number of β-amino-alcohol motifs (C(OH)–C–C–N with tert-alkyl or cyclic N) is 1. The first-order valence-corrected chi connectivity index (χ1v) is 32.4. The molecular formula is C69H99N3O22. The number of methoxy groups -OCH3 is 2. The lowest BCUT2D eigenvalue weighted by Gasteiger charge is -2.44. The van der Waals surface area contributed by atoms with Gasteiger partial charge in [-0.3, -0.25) is 38.4 Å². The van der Waals surface area contributed by atoms with Gasteiger partial charge in [-0.05, 0) is 98.2 Å². The summed E-state index contributed by atoms with van der Waals surface area (Å²) in [6.07, 6.45) is 1.46. The largest absolute Gasteiger partial charge is 0.497 e. The Morgan fingerprint density at radius 1 is 0.574 bits per heavy atom. The van der Waals surface area contributed by atoms with Crippen LogP contribution in [0.15, 0.2) is 78.9 Å². The smallest absolute Gasteiger partial charge is 0.303 e. The summed E-state index contributed by atoms with van der Waals surface area (Å²) in [6, 6.07) is 23.7. The maximum atomic E-state index is 13.8. The van der Waals surface area contributed by atoms with Crippen molar-refractivity contribution in [2.24, 2.45) is 17.8 Å². The zero-order chi connectivity index (χ0) is 69.1. The summed E-state index contributed by atoms with van der Waals surface area (Å²) in [7, 11) is 3.23. The van der Waals surface area contributed by atoms with Crippen LogP contribution in [0.3, 0.4) is 0 Å². The van der Waals surface area contributed by atoms with Crippen LogP contribution in [-0.4, -0.2) is 189 Å². The van der Waals surface area contributed by atoms with Crippen molar-refractivity contribution < 1.29 is 106 Å². The number of rotatable bonds is 29. The van der Waals surface area contributed by atoms with Crippen LogP contribution in [0, 0.1) is 17.8 Å². The Kier molecular flexibility index (Phi) is 32.1. The van der Waals surface area contributed by atoms with Gasteiger partial charge >= 0.3 is 29.8 Å². The highest BCUT2D eigenvalue weighted by molar-refractivity contribution is 5.77. The van der Waals surface area contributed by atoms with Gasteiger partial charge < -0.3 is 83.0 Å². The second-order valence-electron chi connectivity index (χ2n) is 24.2. The van der Waals surface area contributed by atoms with Gasteiger partial charge in [-0.15, -0.1) is 0 Å². The van der Waals surface area contributed by atoms with Crippen LogP contribution in [0.2, 0.25) is 0 Å². The first kappa shape index (κ1) is 77.4. The highest BCUT2D eigenvalue weighted by Gasteiger charge is 2.49. The normalized spacial score (nSPS) is 25.6. The van der Waals surface area contributed by atoms with E-state index in [1.165, 1.54) is 54.4 Å². The predicted molar refractivity (Wildman–Crippen MR) is 341 cm³/mol. The van der Waals surface area contributed by atoms with E-state index in [1.54, 1.807) is 33.0 Å². The van der Waals surface area contributed by atoms with Crippen molar-refractivity contribution in [1.29, 1.82) is 0 Å². The molecular weight excluding hydrogens is 1220 g/mol. The topological polar surface area (TPSA) is 326 Å². The molecule has 25 nitrogen and oxygen atoms in total. The summed E-state index contributed by atoms with van der Waals surface area (Å²) < 4.78 is 62.9. The molecule has 94 heavy (non-hydrogen) atoms. The third-order valence-corrected chi connectivity index (χ3v) is 17.0. The maximum absolute atomic E-state index is 13.8. The van der Waals surface area contributed by atoms with Crippen molar-refractivity contribution in [2.75, 3.05) is 53.8 Å². The van der Waals surface area contributed by atoms with E-state index < -0.39 is 103 Å². The molecule has 3 amide bonds. The van der Waals surface area contributed by atoms with Gasteiger partial charge in [0, 0.05) is 86.0 Å². The van der Waals surface area contributed by atoms with Crippen molar-refractivity contribution in [3.8, 4) is 11.5 Å². The van der Waals surface area contributed by atoms with Crippen LogP contribution >= 0.6 is 0 Å². The Hall–Kier alpha value is -7.26. The van der Waals surface area contributed by atoms with Crippen LogP contribution in [0.25, 0.3) is 0 Å². The minimum Gasteiger partial charge on any atom is -0.497 e. The molecule has 5 N–H and O–H groups in total. The Balaban J connectivity index is 0.000000366. The first-order valence-electron chi connectivity index (χ1n) is 32.4. The summed E-state index contributed by atoms with van der Waals surface area (Å²) in [6.45, 7) is 14.0. The zero-order valence-corrected chi connectivity index (χ0v) is 56.2. The fourth-order valence-electron chi connectivity index (χ4n) is 12.2. The highest BCUT2D eigenvalue weighted by atomic mass is 16.7. The predicted octanol–water partition coefficient (Wildman–Crippen LogP) is 6.70. The maximum Gasteiger partial charge on any atom is 0.303 e. The number of aliphatic carboxylic acids is 1. The molecule has 3 heterocycles. The number of nitrogens with zero attached hydrogens (tertiary/aromatic N) is 1. The van der Waals surface area contributed by atoms with Crippen molar-refractivity contribution in [2.45, 2.75) is 206 Å². The molecule has 7 rings (SSSR count). The van der Waals surface area contributed by atoms with Crippen molar-refractivity contribution in [3.05, 3.63) is 95.6 Å². The monoisotopic (exact) mass is 1320 g/mol. The number of benzene rings is 3. The number of likely N-dealkylation sites (tertiary alicyclic amines) is 1. The second kappa shape index (κ2) is 38.9. The molecule has 3 aromatic carbocycles. The van der Waals surface area contributed by atoms with Crippen molar-refractivity contribution in [3.63, 3.8) is 0 Å². The number of aliphatic hydroxyl groups excluding tert-OH is 2. The number of esters is 4. The number of carboxylic acid groups (broad SMARTS) is 1. The van der Waals surface area contributed by atoms with E-state index in [2.05, 4.69) is 17.6 Å². The second-order valence-corrected chi connectivity index (χ2v) is 24.2. The van der Waals surface area contributed by atoms with Crippen LogP contribution in [-0.2, 0) is 86.6 Å². The fourth-order valence-corrected chi connectivity index (χ4v) is 12.2. The van der Waals surface area contributed by atoms with E-state index in [-0.39, 0.29) is 82.2 Å². The molecule has 4 aliphatic rings. The number of carboxylic acids is 1. The molecule has 25 heteroatoms. The first-order chi connectivity index (χ1) is 44.8. The number of nitrogens with one attached hydrogen (secondary N) is 2. The highest BCUT2D eigenvalue weighted by Crippen LogP contribution is 2.43. The lowest BCUT2D eigenvalue weighted by molar-refractivity contribution is -0.262. The Morgan fingerprint density at radius 2 is 1.03 bits per heavy atom. The number of hydrogen-bond donors (Lipinski definition) is 5. The van der Waals surface area contributed by atoms with E-state index >= 15 is 0 Å². The van der Waals surface area contributed by atoms with Crippen molar-refractivity contribution >= 4 is 47.6 Å². The average Bonchev–Trinajstić information content (AvgIpc) is 0.766. The minimum absolute atomic E-state index is 0.0277. The van der Waals surface area contributed by atoms with Gasteiger partial charge in [0.25, 0.3) is 0 Å². The molecule has 3 saturated heterocycles. The van der Waals surface area contributed by atoms with E-state index in [0.717, 1.165) is 35.4 Å². The van der Waals surface area contributed by atoms with Crippen LogP contribution in [0.4, 0.5) is 0 Å². The van der Waals surface area contributed by atoms with E-state index in [4.69, 9.17) is 62.3 Å². The average molecular weight is 1320 g/mol. The fraction of sp³-hybridized carbons (Fsp3) is 0.623. The van der Waals surface area contributed by atoms with Gasteiger partial charge in [0.15, 0.2) is 12.6 Å². The minimum atomic E-state index is -1.08. The molecule has 0 bridgehead atoms. The SMILES string of the molecule is CC(=O)NC1[C@H](OCCCCC(=O)O)OC(COC(C)=O)[C@H](OC(C)=O)[C@@H]1C.CC[C@H]1CC[C@H](O)C1.COc1ccc(C(OC[C@@H]2C[C@@H](O)CN2C(=O)CCCCO[C@@H]2OC(COC(C)=O)[C@H](OC(C)=O)[C@H](C)C2NC(C)=O)(c2ccccc2)c2ccc(OC)cc2)cc1. The number of ether oxygens (including phenoxy) is 11. The molecule has 3 aromatic rings. The lowest BCUT2D eigenvalue weighted by atomic mass is 9.80. The molecule has 14 atom stereocenters. The third-order valence-electron chi connectivity index (χ3n) is 17.0. The summed E-state index contributed by atoms with van der Waals surface area (Å²) >= 11 is 0.